The topological polar surface area (TPSA) is 43.6 Å². The van der Waals surface area contributed by atoms with Crippen molar-refractivity contribution in [3.63, 3.8) is 0 Å². The van der Waals surface area contributed by atoms with E-state index in [2.05, 4.69) is 35.8 Å². The third kappa shape index (κ3) is 3.02. The predicted octanol–water partition coefficient (Wildman–Crippen LogP) is 5.66. The Morgan fingerprint density at radius 2 is 1.46 bits per heavy atom. The van der Waals surface area contributed by atoms with E-state index in [-0.39, 0.29) is 0 Å². The van der Waals surface area contributed by atoms with Crippen LogP contribution < -0.4 is 0 Å². The molecule has 0 saturated heterocycles. The Balaban J connectivity index is 1.74. The number of rotatable bonds is 3. The van der Waals surface area contributed by atoms with Crippen LogP contribution in [-0.2, 0) is 6.54 Å². The van der Waals surface area contributed by atoms with Crippen LogP contribution in [0.1, 0.15) is 11.1 Å². The summed E-state index contributed by atoms with van der Waals surface area (Å²) >= 11 is 6.05. The molecule has 0 aliphatic heterocycles. The number of aryl methyl sites for hydroxylation is 1. The largest absolute Gasteiger partial charge is 0.303 e. The number of hydrogen-bond acceptors (Lipinski definition) is 3. The standard InChI is InChI=1S/C23H17ClN4/c1-15-6-10-17(11-7-15)22-27-21-23(26-20-5-3-2-4-19(20)25-21)28(22)14-16-8-12-18(24)13-9-16/h2-13H,14H2,1H3. The van der Waals surface area contributed by atoms with Crippen molar-refractivity contribution in [2.45, 2.75) is 13.5 Å². The molecular formula is C23H17ClN4. The third-order valence-corrected chi connectivity index (χ3v) is 5.07. The highest BCUT2D eigenvalue weighted by atomic mass is 35.5. The molecule has 28 heavy (non-hydrogen) atoms. The van der Waals surface area contributed by atoms with Crippen LogP contribution in [0, 0.1) is 6.92 Å². The maximum absolute atomic E-state index is 6.05. The Kier molecular flexibility index (Phi) is 4.06. The van der Waals surface area contributed by atoms with Gasteiger partial charge in [0.15, 0.2) is 11.3 Å². The first-order valence-corrected chi connectivity index (χ1v) is 9.50. The molecule has 3 aromatic carbocycles. The Hall–Kier alpha value is -3.24. The molecule has 0 spiro atoms. The van der Waals surface area contributed by atoms with E-state index < -0.39 is 0 Å². The maximum atomic E-state index is 6.05. The first kappa shape index (κ1) is 16.9. The predicted molar refractivity (Wildman–Crippen MR) is 114 cm³/mol. The van der Waals surface area contributed by atoms with E-state index in [9.17, 15) is 0 Å². The van der Waals surface area contributed by atoms with Gasteiger partial charge in [-0.2, -0.15) is 0 Å². The Morgan fingerprint density at radius 3 is 2.18 bits per heavy atom. The molecule has 0 aliphatic rings. The van der Waals surface area contributed by atoms with Crippen molar-refractivity contribution in [1.29, 1.82) is 0 Å². The number of hydrogen-bond donors (Lipinski definition) is 0. The molecule has 0 unspecified atom stereocenters. The fourth-order valence-corrected chi connectivity index (χ4v) is 3.47. The van der Waals surface area contributed by atoms with Gasteiger partial charge in [-0.25, -0.2) is 15.0 Å². The summed E-state index contributed by atoms with van der Waals surface area (Å²) in [4.78, 5) is 14.4. The van der Waals surface area contributed by atoms with Crippen LogP contribution in [0.5, 0.6) is 0 Å². The second-order valence-electron chi connectivity index (χ2n) is 6.87. The van der Waals surface area contributed by atoms with E-state index >= 15 is 0 Å². The molecule has 5 rings (SSSR count). The van der Waals surface area contributed by atoms with E-state index in [1.807, 2.05) is 48.5 Å². The third-order valence-electron chi connectivity index (χ3n) is 4.82. The number of halogens is 1. The molecule has 0 atom stereocenters. The van der Waals surface area contributed by atoms with E-state index in [0.29, 0.717) is 12.2 Å². The average Bonchev–Trinajstić information content (AvgIpc) is 3.06. The minimum Gasteiger partial charge on any atom is -0.303 e. The number of aromatic nitrogens is 4. The summed E-state index contributed by atoms with van der Waals surface area (Å²) in [6, 6.07) is 24.1. The summed E-state index contributed by atoms with van der Waals surface area (Å²) in [7, 11) is 0. The molecule has 5 heteroatoms. The van der Waals surface area contributed by atoms with E-state index in [1.54, 1.807) is 0 Å². The quantitative estimate of drug-likeness (QED) is 0.403. The molecule has 0 aliphatic carbocycles. The van der Waals surface area contributed by atoms with Gasteiger partial charge < -0.3 is 4.57 Å². The number of nitrogens with zero attached hydrogens (tertiary/aromatic N) is 4. The number of benzene rings is 3. The second kappa shape index (κ2) is 6.73. The molecule has 0 amide bonds. The van der Waals surface area contributed by atoms with Gasteiger partial charge in [0.2, 0.25) is 0 Å². The van der Waals surface area contributed by atoms with Crippen LogP contribution >= 0.6 is 11.6 Å². The van der Waals surface area contributed by atoms with Gasteiger partial charge in [0.05, 0.1) is 17.6 Å². The van der Waals surface area contributed by atoms with Gasteiger partial charge in [-0.15, -0.1) is 0 Å². The fraction of sp³-hybridized carbons (Fsp3) is 0.0870. The van der Waals surface area contributed by atoms with Gasteiger partial charge >= 0.3 is 0 Å². The van der Waals surface area contributed by atoms with Crippen LogP contribution in [0.3, 0.4) is 0 Å². The molecule has 5 aromatic rings. The first-order valence-electron chi connectivity index (χ1n) is 9.12. The fourth-order valence-electron chi connectivity index (χ4n) is 3.34. The minimum atomic E-state index is 0.643. The summed E-state index contributed by atoms with van der Waals surface area (Å²) in [5.41, 5.74) is 6.54. The summed E-state index contributed by atoms with van der Waals surface area (Å²) in [5, 5.41) is 0.726. The van der Waals surface area contributed by atoms with Crippen molar-refractivity contribution in [3.05, 3.63) is 88.9 Å². The number of imidazole rings is 1. The van der Waals surface area contributed by atoms with Crippen LogP contribution in [0.25, 0.3) is 33.7 Å². The number of para-hydroxylation sites is 2. The zero-order valence-electron chi connectivity index (χ0n) is 15.3. The van der Waals surface area contributed by atoms with Crippen molar-refractivity contribution >= 4 is 33.9 Å². The van der Waals surface area contributed by atoms with E-state index in [0.717, 1.165) is 38.7 Å². The Morgan fingerprint density at radius 1 is 0.786 bits per heavy atom. The average molecular weight is 385 g/mol. The van der Waals surface area contributed by atoms with Crippen molar-refractivity contribution in [3.8, 4) is 11.4 Å². The van der Waals surface area contributed by atoms with Gasteiger partial charge in [0.25, 0.3) is 0 Å². The zero-order chi connectivity index (χ0) is 19.1. The van der Waals surface area contributed by atoms with Crippen molar-refractivity contribution in [2.75, 3.05) is 0 Å². The first-order chi connectivity index (χ1) is 13.7. The van der Waals surface area contributed by atoms with Gasteiger partial charge in [-0.05, 0) is 36.8 Å². The van der Waals surface area contributed by atoms with Crippen LogP contribution in [0.15, 0.2) is 72.8 Å². The molecule has 0 fully saturated rings. The van der Waals surface area contributed by atoms with Crippen LogP contribution in [0.2, 0.25) is 5.02 Å². The van der Waals surface area contributed by atoms with E-state index in [4.69, 9.17) is 26.6 Å². The van der Waals surface area contributed by atoms with Crippen LogP contribution in [0.4, 0.5) is 0 Å². The van der Waals surface area contributed by atoms with Gasteiger partial charge in [-0.1, -0.05) is 65.7 Å². The zero-order valence-corrected chi connectivity index (χ0v) is 16.1. The monoisotopic (exact) mass is 384 g/mol. The summed E-state index contributed by atoms with van der Waals surface area (Å²) < 4.78 is 2.13. The Labute approximate surface area is 167 Å². The lowest BCUT2D eigenvalue weighted by Crippen LogP contribution is -2.03. The second-order valence-corrected chi connectivity index (χ2v) is 7.31. The van der Waals surface area contributed by atoms with Crippen molar-refractivity contribution in [2.24, 2.45) is 0 Å². The van der Waals surface area contributed by atoms with Gasteiger partial charge in [0, 0.05) is 10.6 Å². The maximum Gasteiger partial charge on any atom is 0.198 e. The van der Waals surface area contributed by atoms with Gasteiger partial charge in [0.1, 0.15) is 5.82 Å². The molecule has 2 heterocycles. The molecule has 136 valence electrons. The lowest BCUT2D eigenvalue weighted by molar-refractivity contribution is 0.825. The summed E-state index contributed by atoms with van der Waals surface area (Å²) in [5.74, 6) is 0.861. The summed E-state index contributed by atoms with van der Waals surface area (Å²) in [6.45, 7) is 2.72. The van der Waals surface area contributed by atoms with Crippen molar-refractivity contribution < 1.29 is 0 Å². The molecule has 0 N–H and O–H groups in total. The molecule has 4 nitrogen and oxygen atoms in total. The highest BCUT2D eigenvalue weighted by molar-refractivity contribution is 6.30. The molecule has 2 aromatic heterocycles. The molecule has 0 saturated carbocycles. The highest BCUT2D eigenvalue weighted by Crippen LogP contribution is 2.26. The molecule has 0 radical (unpaired) electrons. The molecular weight excluding hydrogens is 368 g/mol. The SMILES string of the molecule is Cc1ccc(-c2nc3nc4ccccc4nc3n2Cc2ccc(Cl)cc2)cc1. The number of fused-ring (bicyclic) bond motifs is 2. The van der Waals surface area contributed by atoms with Crippen molar-refractivity contribution in [1.82, 2.24) is 19.5 Å². The minimum absolute atomic E-state index is 0.643. The summed E-state index contributed by atoms with van der Waals surface area (Å²) in [6.07, 6.45) is 0. The smallest absolute Gasteiger partial charge is 0.198 e. The van der Waals surface area contributed by atoms with Crippen LogP contribution in [-0.4, -0.2) is 19.5 Å². The van der Waals surface area contributed by atoms with E-state index in [1.165, 1.54) is 5.56 Å². The van der Waals surface area contributed by atoms with Gasteiger partial charge in [-0.3, -0.25) is 0 Å². The highest BCUT2D eigenvalue weighted by Gasteiger charge is 2.16. The lowest BCUT2D eigenvalue weighted by Gasteiger charge is -2.09. The normalized spacial score (nSPS) is 11.4. The Bertz CT molecular complexity index is 1290. The lowest BCUT2D eigenvalue weighted by atomic mass is 10.1. The molecule has 0 bridgehead atoms.